The zero-order valence-electron chi connectivity index (χ0n) is 12.4. The predicted octanol–water partition coefficient (Wildman–Crippen LogP) is 3.54. The number of nitrogens with zero attached hydrogens (tertiary/aromatic N) is 2. The first-order valence-corrected chi connectivity index (χ1v) is 7.17. The van der Waals surface area contributed by atoms with E-state index in [4.69, 9.17) is 11.6 Å². The summed E-state index contributed by atoms with van der Waals surface area (Å²) in [6.07, 6.45) is 1.66. The van der Waals surface area contributed by atoms with Crippen LogP contribution in [-0.4, -0.2) is 16.7 Å². The zero-order valence-corrected chi connectivity index (χ0v) is 13.1. The van der Waals surface area contributed by atoms with Gasteiger partial charge in [-0.15, -0.1) is 0 Å². The summed E-state index contributed by atoms with van der Waals surface area (Å²) in [5.74, 6) is -0.318. The molecule has 1 N–H and O–H groups in total. The molecule has 21 heavy (non-hydrogen) atoms. The molecule has 0 saturated heterocycles. The monoisotopic (exact) mass is 303 g/mol. The van der Waals surface area contributed by atoms with E-state index in [0.717, 1.165) is 17.8 Å². The molecule has 0 spiro atoms. The van der Waals surface area contributed by atoms with E-state index in [2.05, 4.69) is 28.9 Å². The molecule has 0 radical (unpaired) electrons. The van der Waals surface area contributed by atoms with Gasteiger partial charge in [0.25, 0.3) is 5.91 Å². The number of aromatic nitrogens is 1. The average Bonchev–Trinajstić information content (AvgIpc) is 2.73. The maximum Gasteiger partial charge on any atom is 0.272 e. The second kappa shape index (κ2) is 6.59. The van der Waals surface area contributed by atoms with Gasteiger partial charge in [0.1, 0.15) is 0 Å². The van der Waals surface area contributed by atoms with Crippen LogP contribution in [0.3, 0.4) is 0 Å². The Hall–Kier alpha value is -2.07. The maximum absolute atomic E-state index is 12.0. The molecule has 4 nitrogen and oxygen atoms in total. The van der Waals surface area contributed by atoms with Crippen molar-refractivity contribution in [2.24, 2.45) is 5.10 Å². The van der Waals surface area contributed by atoms with Crippen LogP contribution in [-0.2, 0) is 6.54 Å². The average molecular weight is 304 g/mol. The minimum Gasteiger partial charge on any atom is -0.349 e. The molecule has 0 saturated carbocycles. The fourth-order valence-corrected chi connectivity index (χ4v) is 2.53. The van der Waals surface area contributed by atoms with Crippen LogP contribution >= 0.6 is 11.6 Å². The van der Waals surface area contributed by atoms with Crippen molar-refractivity contribution in [2.75, 3.05) is 0 Å². The van der Waals surface area contributed by atoms with E-state index in [-0.39, 0.29) is 5.91 Å². The molecule has 1 aromatic heterocycles. The number of rotatable bonds is 4. The van der Waals surface area contributed by atoms with Crippen molar-refractivity contribution in [3.63, 3.8) is 0 Å². The van der Waals surface area contributed by atoms with Gasteiger partial charge in [-0.1, -0.05) is 23.7 Å². The van der Waals surface area contributed by atoms with Gasteiger partial charge in [-0.05, 0) is 39.0 Å². The van der Waals surface area contributed by atoms with E-state index < -0.39 is 0 Å². The number of nitrogens with one attached hydrogen (secondary N) is 1. The molecule has 0 atom stereocenters. The molecule has 0 aliphatic heterocycles. The van der Waals surface area contributed by atoms with Gasteiger partial charge in [-0.3, -0.25) is 4.79 Å². The lowest BCUT2D eigenvalue weighted by molar-refractivity contribution is 0.0955. The van der Waals surface area contributed by atoms with Crippen LogP contribution in [0.1, 0.15) is 34.2 Å². The van der Waals surface area contributed by atoms with Crippen molar-refractivity contribution < 1.29 is 4.79 Å². The van der Waals surface area contributed by atoms with Gasteiger partial charge in [0, 0.05) is 23.5 Å². The molecule has 5 heteroatoms. The molecule has 0 aliphatic carbocycles. The van der Waals surface area contributed by atoms with Crippen molar-refractivity contribution >= 4 is 23.7 Å². The van der Waals surface area contributed by atoms with E-state index in [0.29, 0.717) is 10.6 Å². The fourth-order valence-electron chi connectivity index (χ4n) is 2.31. The van der Waals surface area contributed by atoms with Crippen LogP contribution in [0.25, 0.3) is 0 Å². The number of hydrogen-bond acceptors (Lipinski definition) is 2. The predicted molar refractivity (Wildman–Crippen MR) is 86.1 cm³/mol. The highest BCUT2D eigenvalue weighted by molar-refractivity contribution is 6.33. The topological polar surface area (TPSA) is 46.4 Å². The highest BCUT2D eigenvalue weighted by Gasteiger charge is 2.08. The normalized spacial score (nSPS) is 11.0. The Bertz CT molecular complexity index is 689. The number of hydrogen-bond donors (Lipinski definition) is 1. The maximum atomic E-state index is 12.0. The first-order chi connectivity index (χ1) is 10.0. The van der Waals surface area contributed by atoms with Gasteiger partial charge < -0.3 is 4.57 Å². The molecular formula is C16H18ClN3O. The quantitative estimate of drug-likeness (QED) is 0.681. The highest BCUT2D eigenvalue weighted by atomic mass is 35.5. The summed E-state index contributed by atoms with van der Waals surface area (Å²) in [4.78, 5) is 12.0. The van der Waals surface area contributed by atoms with E-state index in [1.54, 1.807) is 30.5 Å². The summed E-state index contributed by atoms with van der Waals surface area (Å²) in [5.41, 5.74) is 6.21. The first-order valence-electron chi connectivity index (χ1n) is 6.79. The summed E-state index contributed by atoms with van der Waals surface area (Å²) < 4.78 is 2.19. The standard InChI is InChI=1S/C16H18ClN3O/c1-4-20-11(2)9-13(12(20)3)10-18-19-16(21)14-7-5-6-8-15(14)17/h5-10H,4H2,1-3H3,(H,19,21)/b18-10-. The summed E-state index contributed by atoms with van der Waals surface area (Å²) in [5, 5.41) is 4.42. The molecule has 0 bridgehead atoms. The van der Waals surface area contributed by atoms with Gasteiger partial charge in [0.05, 0.1) is 16.8 Å². The molecule has 0 unspecified atom stereocenters. The summed E-state index contributed by atoms with van der Waals surface area (Å²) in [6, 6.07) is 8.93. The van der Waals surface area contributed by atoms with Gasteiger partial charge >= 0.3 is 0 Å². The van der Waals surface area contributed by atoms with Gasteiger partial charge in [-0.2, -0.15) is 5.10 Å². The molecule has 110 valence electrons. The van der Waals surface area contributed by atoms with Crippen LogP contribution in [0.5, 0.6) is 0 Å². The zero-order chi connectivity index (χ0) is 15.4. The highest BCUT2D eigenvalue weighted by Crippen LogP contribution is 2.15. The number of amides is 1. The molecule has 1 amide bonds. The van der Waals surface area contributed by atoms with Crippen LogP contribution in [0.2, 0.25) is 5.02 Å². The third-order valence-electron chi connectivity index (χ3n) is 3.42. The number of hydrazone groups is 1. The number of benzene rings is 1. The van der Waals surface area contributed by atoms with Crippen molar-refractivity contribution in [3.8, 4) is 0 Å². The van der Waals surface area contributed by atoms with Crippen LogP contribution in [0.4, 0.5) is 0 Å². The Morgan fingerprint density at radius 3 is 2.71 bits per heavy atom. The van der Waals surface area contributed by atoms with Gasteiger partial charge in [0.2, 0.25) is 0 Å². The molecule has 0 fully saturated rings. The van der Waals surface area contributed by atoms with Crippen molar-refractivity contribution in [3.05, 3.63) is 57.9 Å². The lowest BCUT2D eigenvalue weighted by atomic mass is 10.2. The molecular weight excluding hydrogens is 286 g/mol. The summed E-state index contributed by atoms with van der Waals surface area (Å²) >= 11 is 5.97. The number of halogens is 1. The van der Waals surface area contributed by atoms with E-state index in [9.17, 15) is 4.79 Å². The second-order valence-electron chi connectivity index (χ2n) is 4.75. The van der Waals surface area contributed by atoms with E-state index in [1.807, 2.05) is 13.0 Å². The van der Waals surface area contributed by atoms with Crippen molar-refractivity contribution in [1.29, 1.82) is 0 Å². The van der Waals surface area contributed by atoms with Crippen molar-refractivity contribution in [1.82, 2.24) is 9.99 Å². The lowest BCUT2D eigenvalue weighted by Gasteiger charge is -2.04. The molecule has 2 rings (SSSR count). The molecule has 0 aliphatic rings. The Morgan fingerprint density at radius 2 is 2.10 bits per heavy atom. The Balaban J connectivity index is 2.10. The number of carbonyl (C=O) groups excluding carboxylic acids is 1. The van der Waals surface area contributed by atoms with Gasteiger partial charge in [0.15, 0.2) is 0 Å². The Kier molecular flexibility index (Phi) is 4.81. The Labute approximate surface area is 129 Å². The molecule has 2 aromatic rings. The Morgan fingerprint density at radius 1 is 1.38 bits per heavy atom. The van der Waals surface area contributed by atoms with Gasteiger partial charge in [-0.25, -0.2) is 5.43 Å². The van der Waals surface area contributed by atoms with E-state index in [1.165, 1.54) is 5.69 Å². The third kappa shape index (κ3) is 3.34. The van der Waals surface area contributed by atoms with Crippen LogP contribution in [0.15, 0.2) is 35.4 Å². The van der Waals surface area contributed by atoms with Crippen molar-refractivity contribution in [2.45, 2.75) is 27.3 Å². The second-order valence-corrected chi connectivity index (χ2v) is 5.16. The summed E-state index contributed by atoms with van der Waals surface area (Å²) in [7, 11) is 0. The first kappa shape index (κ1) is 15.3. The fraction of sp³-hybridized carbons (Fsp3) is 0.250. The minimum atomic E-state index is -0.318. The molecule has 1 heterocycles. The molecule has 1 aromatic carbocycles. The lowest BCUT2D eigenvalue weighted by Crippen LogP contribution is -2.18. The summed E-state index contributed by atoms with van der Waals surface area (Å²) in [6.45, 7) is 7.10. The van der Waals surface area contributed by atoms with Crippen LogP contribution in [0, 0.1) is 13.8 Å². The SMILES string of the molecule is CCn1c(C)cc(/C=N\NC(=O)c2ccccc2Cl)c1C. The smallest absolute Gasteiger partial charge is 0.272 e. The van der Waals surface area contributed by atoms with E-state index >= 15 is 0 Å². The van der Waals surface area contributed by atoms with Crippen LogP contribution < -0.4 is 5.43 Å². The third-order valence-corrected chi connectivity index (χ3v) is 3.75. The number of carbonyl (C=O) groups is 1. The minimum absolute atomic E-state index is 0.318. The largest absolute Gasteiger partial charge is 0.349 e. The number of aryl methyl sites for hydroxylation is 1.